The van der Waals surface area contributed by atoms with E-state index >= 15 is 0 Å². The van der Waals surface area contributed by atoms with Gasteiger partial charge in [0.1, 0.15) is 0 Å². The molecule has 2 heterocycles. The van der Waals surface area contributed by atoms with Gasteiger partial charge in [-0.1, -0.05) is 0 Å². The van der Waals surface area contributed by atoms with Crippen LogP contribution in [0.15, 0.2) is 0 Å². The number of aliphatic hydroxyl groups is 1. The Hall–Kier alpha value is -0.250. The number of morpholine rings is 1. The number of ether oxygens (including phenoxy) is 1. The minimum atomic E-state index is -3.47. The number of hydrogen-bond acceptors (Lipinski definition) is 5. The van der Waals surface area contributed by atoms with Crippen LogP contribution in [-0.4, -0.2) is 80.3 Å². The van der Waals surface area contributed by atoms with Gasteiger partial charge in [0.25, 0.3) is 10.2 Å². The molecular weight excluding hydrogens is 306 g/mol. The third kappa shape index (κ3) is 2.70. The maximum absolute atomic E-state index is 12.4. The standard InChI is InChI=1S/C14H27N3O4S/c1-16-13(5-4-6-13)11-21-12-14(16,10-18)9-15-22(19,20)17-7-2-3-8-17/h15,18H,2-12H2,1H3. The fourth-order valence-electron chi connectivity index (χ4n) is 3.81. The van der Waals surface area contributed by atoms with Crippen LogP contribution < -0.4 is 4.72 Å². The van der Waals surface area contributed by atoms with Gasteiger partial charge in [-0.15, -0.1) is 0 Å². The molecule has 7 nitrogen and oxygen atoms in total. The van der Waals surface area contributed by atoms with Crippen LogP contribution in [0.25, 0.3) is 0 Å². The van der Waals surface area contributed by atoms with Gasteiger partial charge in [-0.2, -0.15) is 12.7 Å². The summed E-state index contributed by atoms with van der Waals surface area (Å²) in [6.07, 6.45) is 5.08. The highest BCUT2D eigenvalue weighted by atomic mass is 32.2. The zero-order valence-corrected chi connectivity index (χ0v) is 14.1. The minimum absolute atomic E-state index is 0.0277. The normalized spacial score (nSPS) is 33.2. The van der Waals surface area contributed by atoms with E-state index in [2.05, 4.69) is 9.62 Å². The fraction of sp³-hybridized carbons (Fsp3) is 1.00. The van der Waals surface area contributed by atoms with E-state index in [1.165, 1.54) is 4.31 Å². The second kappa shape index (κ2) is 5.99. The van der Waals surface area contributed by atoms with Crippen molar-refractivity contribution in [2.75, 3.05) is 46.5 Å². The van der Waals surface area contributed by atoms with Crippen LogP contribution in [0.1, 0.15) is 32.1 Å². The molecule has 8 heteroatoms. The van der Waals surface area contributed by atoms with Gasteiger partial charge in [0, 0.05) is 25.2 Å². The first kappa shape index (κ1) is 16.6. The Labute approximate surface area is 132 Å². The zero-order chi connectivity index (χ0) is 15.8. The third-order valence-electron chi connectivity index (χ3n) is 5.73. The van der Waals surface area contributed by atoms with Crippen molar-refractivity contribution in [2.24, 2.45) is 0 Å². The van der Waals surface area contributed by atoms with Crippen molar-refractivity contribution in [2.45, 2.75) is 43.2 Å². The van der Waals surface area contributed by atoms with Crippen molar-refractivity contribution in [3.63, 3.8) is 0 Å². The molecule has 1 saturated carbocycles. The SMILES string of the molecule is CN1C2(CCC2)COCC1(CO)CNS(=O)(=O)N1CCCC1. The van der Waals surface area contributed by atoms with Crippen LogP contribution in [0.3, 0.4) is 0 Å². The molecule has 2 saturated heterocycles. The number of nitrogens with one attached hydrogen (secondary N) is 1. The third-order valence-corrected chi connectivity index (χ3v) is 7.29. The molecule has 1 spiro atoms. The monoisotopic (exact) mass is 333 g/mol. The molecule has 0 aromatic rings. The van der Waals surface area contributed by atoms with Crippen LogP contribution in [0.4, 0.5) is 0 Å². The van der Waals surface area contributed by atoms with E-state index < -0.39 is 15.7 Å². The van der Waals surface area contributed by atoms with E-state index in [1.807, 2.05) is 7.05 Å². The summed E-state index contributed by atoms with van der Waals surface area (Å²) in [6, 6.07) is 0. The summed E-state index contributed by atoms with van der Waals surface area (Å²) in [4.78, 5) is 2.17. The molecule has 0 aromatic heterocycles. The first-order chi connectivity index (χ1) is 10.4. The molecule has 1 unspecified atom stereocenters. The van der Waals surface area contributed by atoms with Gasteiger partial charge in [-0.05, 0) is 39.2 Å². The molecule has 2 aliphatic heterocycles. The molecule has 3 rings (SSSR count). The molecule has 0 bridgehead atoms. The Balaban J connectivity index is 1.70. The van der Waals surface area contributed by atoms with Crippen molar-refractivity contribution in [1.82, 2.24) is 13.9 Å². The van der Waals surface area contributed by atoms with E-state index in [0.717, 1.165) is 32.1 Å². The fourth-order valence-corrected chi connectivity index (χ4v) is 5.19. The number of aliphatic hydroxyl groups excluding tert-OH is 1. The smallest absolute Gasteiger partial charge is 0.279 e. The summed E-state index contributed by atoms with van der Waals surface area (Å²) < 4.78 is 34.6. The second-order valence-electron chi connectivity index (χ2n) is 6.94. The lowest BCUT2D eigenvalue weighted by Gasteiger charge is -2.59. The quantitative estimate of drug-likeness (QED) is 0.711. The molecule has 0 radical (unpaired) electrons. The van der Waals surface area contributed by atoms with Gasteiger partial charge >= 0.3 is 0 Å². The second-order valence-corrected chi connectivity index (χ2v) is 8.70. The van der Waals surface area contributed by atoms with E-state index in [4.69, 9.17) is 4.74 Å². The number of likely N-dealkylation sites (N-methyl/N-ethyl adjacent to an activating group) is 1. The largest absolute Gasteiger partial charge is 0.394 e. The summed E-state index contributed by atoms with van der Waals surface area (Å²) in [7, 11) is -1.48. The molecule has 3 aliphatic rings. The Morgan fingerprint density at radius 3 is 2.41 bits per heavy atom. The van der Waals surface area contributed by atoms with Crippen molar-refractivity contribution >= 4 is 10.2 Å². The summed E-state index contributed by atoms with van der Waals surface area (Å²) in [5.41, 5.74) is -0.703. The molecule has 0 amide bonds. The van der Waals surface area contributed by atoms with Crippen LogP contribution in [0.2, 0.25) is 0 Å². The summed E-state index contributed by atoms with van der Waals surface area (Å²) in [6.45, 7) is 2.25. The van der Waals surface area contributed by atoms with E-state index in [9.17, 15) is 13.5 Å². The van der Waals surface area contributed by atoms with Gasteiger partial charge in [0.15, 0.2) is 0 Å². The number of hydrogen-bond donors (Lipinski definition) is 2. The van der Waals surface area contributed by atoms with Crippen molar-refractivity contribution in [1.29, 1.82) is 0 Å². The molecule has 128 valence electrons. The maximum Gasteiger partial charge on any atom is 0.279 e. The van der Waals surface area contributed by atoms with Crippen molar-refractivity contribution < 1.29 is 18.3 Å². The molecule has 1 aliphatic carbocycles. The van der Waals surface area contributed by atoms with Crippen LogP contribution >= 0.6 is 0 Å². The molecule has 2 N–H and O–H groups in total. The van der Waals surface area contributed by atoms with Gasteiger partial charge in [-0.25, -0.2) is 4.72 Å². The van der Waals surface area contributed by atoms with Crippen LogP contribution in [0, 0.1) is 0 Å². The molecular formula is C14H27N3O4S. The number of nitrogens with zero attached hydrogens (tertiary/aromatic N) is 2. The summed E-state index contributed by atoms with van der Waals surface area (Å²) in [5, 5.41) is 9.96. The average molecular weight is 333 g/mol. The average Bonchev–Trinajstić information content (AvgIpc) is 3.00. The first-order valence-electron chi connectivity index (χ1n) is 8.12. The lowest BCUT2D eigenvalue weighted by atomic mass is 9.72. The Kier molecular flexibility index (Phi) is 4.52. The highest BCUT2D eigenvalue weighted by molar-refractivity contribution is 7.87. The Bertz CT molecular complexity index is 502. The van der Waals surface area contributed by atoms with Gasteiger partial charge < -0.3 is 9.84 Å². The molecule has 1 atom stereocenters. The van der Waals surface area contributed by atoms with Gasteiger partial charge in [-0.3, -0.25) is 4.90 Å². The van der Waals surface area contributed by atoms with Gasteiger partial charge in [0.2, 0.25) is 0 Å². The van der Waals surface area contributed by atoms with Crippen LogP contribution in [0.5, 0.6) is 0 Å². The molecule has 0 aromatic carbocycles. The van der Waals surface area contributed by atoms with Crippen molar-refractivity contribution in [3.05, 3.63) is 0 Å². The Morgan fingerprint density at radius 1 is 1.18 bits per heavy atom. The lowest BCUT2D eigenvalue weighted by molar-refractivity contribution is -0.178. The van der Waals surface area contributed by atoms with Crippen LogP contribution in [-0.2, 0) is 14.9 Å². The highest BCUT2D eigenvalue weighted by Gasteiger charge is 2.53. The topological polar surface area (TPSA) is 82.1 Å². The van der Waals surface area contributed by atoms with Gasteiger partial charge in [0.05, 0.1) is 25.4 Å². The molecule has 3 fully saturated rings. The Morgan fingerprint density at radius 2 is 1.86 bits per heavy atom. The predicted molar refractivity (Wildman–Crippen MR) is 82.7 cm³/mol. The predicted octanol–water partition coefficient (Wildman–Crippen LogP) is -0.468. The summed E-state index contributed by atoms with van der Waals surface area (Å²) in [5.74, 6) is 0. The highest BCUT2D eigenvalue weighted by Crippen LogP contribution is 2.43. The minimum Gasteiger partial charge on any atom is -0.394 e. The lowest BCUT2D eigenvalue weighted by Crippen LogP contribution is -2.73. The number of rotatable bonds is 5. The maximum atomic E-state index is 12.4. The zero-order valence-electron chi connectivity index (χ0n) is 13.3. The van der Waals surface area contributed by atoms with Crippen molar-refractivity contribution in [3.8, 4) is 0 Å². The van der Waals surface area contributed by atoms with E-state index in [0.29, 0.717) is 26.3 Å². The first-order valence-corrected chi connectivity index (χ1v) is 9.56. The summed E-state index contributed by atoms with van der Waals surface area (Å²) >= 11 is 0. The van der Waals surface area contributed by atoms with E-state index in [-0.39, 0.29) is 18.7 Å². The van der Waals surface area contributed by atoms with E-state index in [1.54, 1.807) is 0 Å². The molecule has 22 heavy (non-hydrogen) atoms.